The number of pyridine rings is 1. The lowest BCUT2D eigenvalue weighted by Crippen LogP contribution is -2.23. The molecule has 27 heavy (non-hydrogen) atoms. The van der Waals surface area contributed by atoms with Crippen LogP contribution in [0, 0.1) is 6.92 Å². The quantitative estimate of drug-likeness (QED) is 0.674. The third-order valence-electron chi connectivity index (χ3n) is 5.23. The van der Waals surface area contributed by atoms with E-state index in [0.717, 1.165) is 29.7 Å². The zero-order valence-electron chi connectivity index (χ0n) is 15.3. The zero-order valence-corrected chi connectivity index (χ0v) is 15.3. The number of nitrogens with one attached hydrogen (secondary N) is 1. The first kappa shape index (κ1) is 19.1. The van der Waals surface area contributed by atoms with E-state index in [-0.39, 0.29) is 19.3 Å². The summed E-state index contributed by atoms with van der Waals surface area (Å²) in [6.07, 6.45) is 3.88. The molecule has 2 aromatic heterocycles. The summed E-state index contributed by atoms with van der Waals surface area (Å²) in [6.45, 7) is 4.06. The van der Waals surface area contributed by atoms with Crippen LogP contribution in [0.2, 0.25) is 0 Å². The average Bonchev–Trinajstić information content (AvgIpc) is 2.91. The number of amides is 1. The molecular weight excluding hydrogens is 336 g/mol. The Morgan fingerprint density at radius 2 is 1.93 bits per heavy atom. The van der Waals surface area contributed by atoms with E-state index in [1.54, 1.807) is 0 Å². The molecule has 0 aliphatic heterocycles. The van der Waals surface area contributed by atoms with Crippen molar-refractivity contribution in [2.45, 2.75) is 58.9 Å². The van der Waals surface area contributed by atoms with Crippen molar-refractivity contribution < 1.29 is 4.79 Å². The van der Waals surface area contributed by atoms with Gasteiger partial charge in [0.1, 0.15) is 5.52 Å². The van der Waals surface area contributed by atoms with Crippen molar-refractivity contribution in [3.8, 4) is 0 Å². The maximum atomic E-state index is 12.6. The lowest BCUT2D eigenvalue weighted by molar-refractivity contribution is -0.116. The molecule has 5 nitrogen and oxygen atoms in total. The molecule has 1 aliphatic rings. The summed E-state index contributed by atoms with van der Waals surface area (Å²) in [6, 6.07) is 14.5. The van der Waals surface area contributed by atoms with Crippen LogP contribution in [-0.4, -0.2) is 20.4 Å². The van der Waals surface area contributed by atoms with E-state index in [0.29, 0.717) is 18.4 Å². The fourth-order valence-electron chi connectivity index (χ4n) is 3.50. The number of benzene rings is 1. The molecule has 0 saturated heterocycles. The molecule has 0 unspecified atom stereocenters. The molecule has 0 spiro atoms. The average molecular weight is 364 g/mol. The number of carbonyl (C=O) groups excluding carboxylic acids is 1. The normalized spacial score (nSPS) is 15.0. The van der Waals surface area contributed by atoms with E-state index in [1.165, 1.54) is 12.0 Å². The molecule has 1 aromatic carbocycles. The fourth-order valence-corrected chi connectivity index (χ4v) is 3.50. The van der Waals surface area contributed by atoms with Crippen molar-refractivity contribution >= 4 is 23.0 Å². The number of nitrogens with zero attached hydrogens (tertiary/aromatic N) is 3. The van der Waals surface area contributed by atoms with Gasteiger partial charge in [-0.15, -0.1) is 0 Å². The van der Waals surface area contributed by atoms with E-state index in [9.17, 15) is 4.79 Å². The predicted molar refractivity (Wildman–Crippen MR) is 110 cm³/mol. The van der Waals surface area contributed by atoms with Gasteiger partial charge in [-0.3, -0.25) is 14.7 Å². The molecule has 1 amide bonds. The Labute approximate surface area is 160 Å². The fraction of sp³-hybridized carbons (Fsp3) is 0.409. The number of rotatable bonds is 5. The van der Waals surface area contributed by atoms with Crippen molar-refractivity contribution in [2.75, 3.05) is 5.32 Å². The van der Waals surface area contributed by atoms with E-state index in [1.807, 2.05) is 37.3 Å². The summed E-state index contributed by atoms with van der Waals surface area (Å²) in [5.74, 6) is 0.792. The first-order valence-electron chi connectivity index (χ1n) is 9.32. The van der Waals surface area contributed by atoms with Crippen LogP contribution in [-0.2, 0) is 4.79 Å². The minimum atomic E-state index is -0.00560. The third kappa shape index (κ3) is 3.87. The van der Waals surface area contributed by atoms with Gasteiger partial charge in [0.05, 0.1) is 0 Å². The highest BCUT2D eigenvalue weighted by Gasteiger charge is 2.26. The van der Waals surface area contributed by atoms with Crippen molar-refractivity contribution in [1.29, 1.82) is 0 Å². The summed E-state index contributed by atoms with van der Waals surface area (Å²) in [5.41, 5.74) is 3.86. The van der Waals surface area contributed by atoms with Crippen LogP contribution in [0.1, 0.15) is 63.3 Å². The number of imidazole rings is 1. The second kappa shape index (κ2) is 7.91. The predicted octanol–water partition coefficient (Wildman–Crippen LogP) is 5.23. The van der Waals surface area contributed by atoms with Gasteiger partial charge in [-0.05, 0) is 49.8 Å². The van der Waals surface area contributed by atoms with Gasteiger partial charge in [-0.2, -0.15) is 0 Å². The van der Waals surface area contributed by atoms with Gasteiger partial charge in [-0.25, -0.2) is 9.97 Å². The number of aryl methyl sites for hydroxylation is 1. The van der Waals surface area contributed by atoms with Gasteiger partial charge in [0.25, 0.3) is 0 Å². The highest BCUT2D eigenvalue weighted by atomic mass is 16.1. The zero-order chi connectivity index (χ0) is 18.1. The summed E-state index contributed by atoms with van der Waals surface area (Å²) in [5, 5.41) is 3.04. The second-order valence-corrected chi connectivity index (χ2v) is 7.25. The van der Waals surface area contributed by atoms with Gasteiger partial charge in [0, 0.05) is 18.2 Å². The van der Waals surface area contributed by atoms with E-state index in [2.05, 4.69) is 38.9 Å². The molecule has 0 bridgehead atoms. The monoisotopic (exact) mass is 364 g/mol. The molecule has 2 heterocycles. The Hall–Kier alpha value is -2.69. The molecule has 0 radical (unpaired) electrons. The van der Waals surface area contributed by atoms with Crippen LogP contribution in [0.15, 0.2) is 42.5 Å². The highest BCUT2D eigenvalue weighted by Crippen LogP contribution is 2.36. The van der Waals surface area contributed by atoms with E-state index in [4.69, 9.17) is 0 Å². The maximum absolute atomic E-state index is 12.6. The van der Waals surface area contributed by atoms with Gasteiger partial charge in [-0.1, -0.05) is 44.7 Å². The minimum absolute atomic E-state index is 0. The van der Waals surface area contributed by atoms with Crippen LogP contribution in [0.25, 0.3) is 11.2 Å². The van der Waals surface area contributed by atoms with Gasteiger partial charge >= 0.3 is 0 Å². The van der Waals surface area contributed by atoms with Crippen molar-refractivity contribution in [3.63, 3.8) is 0 Å². The summed E-state index contributed by atoms with van der Waals surface area (Å²) in [4.78, 5) is 21.9. The number of aromatic nitrogens is 3. The Morgan fingerprint density at radius 1 is 1.19 bits per heavy atom. The number of hydrogen-bond donors (Lipinski definition) is 1. The van der Waals surface area contributed by atoms with Crippen molar-refractivity contribution in [3.05, 3.63) is 53.7 Å². The van der Waals surface area contributed by atoms with Crippen LogP contribution >= 0.6 is 0 Å². The summed E-state index contributed by atoms with van der Waals surface area (Å²) >= 11 is 0. The molecule has 1 atom stereocenters. The van der Waals surface area contributed by atoms with Crippen LogP contribution in [0.3, 0.4) is 0 Å². The Morgan fingerprint density at radius 3 is 2.59 bits per heavy atom. The summed E-state index contributed by atoms with van der Waals surface area (Å²) < 4.78 is 2.12. The standard InChI is InChI=1S/C21H24N4O.CH4/c1-14(16-7-4-3-5-8-16)13-19(26)24-21-23-18-12-11-15(2)22-20(18)25(21)17-9-6-10-17;/h3-5,7-8,11-12,14,17H,6,9-10,13H2,1-2H3,(H,23,24,26);1H4/t14-;/m0./s1. The van der Waals surface area contributed by atoms with Gasteiger partial charge in [0.15, 0.2) is 5.65 Å². The van der Waals surface area contributed by atoms with E-state index >= 15 is 0 Å². The Kier molecular flexibility index (Phi) is 5.59. The molecule has 142 valence electrons. The first-order chi connectivity index (χ1) is 12.6. The van der Waals surface area contributed by atoms with Crippen molar-refractivity contribution in [2.24, 2.45) is 0 Å². The summed E-state index contributed by atoms with van der Waals surface area (Å²) in [7, 11) is 0. The van der Waals surface area contributed by atoms with Crippen LogP contribution < -0.4 is 5.32 Å². The molecule has 1 aliphatic carbocycles. The lowest BCUT2D eigenvalue weighted by Gasteiger charge is -2.28. The molecular formula is C22H28N4O. The molecule has 1 saturated carbocycles. The number of hydrogen-bond acceptors (Lipinski definition) is 3. The topological polar surface area (TPSA) is 59.8 Å². The van der Waals surface area contributed by atoms with Gasteiger partial charge in [0.2, 0.25) is 11.9 Å². The lowest BCUT2D eigenvalue weighted by atomic mass is 9.93. The van der Waals surface area contributed by atoms with Crippen LogP contribution in [0.5, 0.6) is 0 Å². The Balaban J connectivity index is 0.00000210. The minimum Gasteiger partial charge on any atom is -0.296 e. The van der Waals surface area contributed by atoms with Crippen LogP contribution in [0.4, 0.5) is 5.95 Å². The number of anilines is 1. The van der Waals surface area contributed by atoms with Crippen molar-refractivity contribution in [1.82, 2.24) is 14.5 Å². The molecule has 5 heteroatoms. The number of carbonyl (C=O) groups is 1. The smallest absolute Gasteiger partial charge is 0.227 e. The number of fused-ring (bicyclic) bond motifs is 1. The van der Waals surface area contributed by atoms with Gasteiger partial charge < -0.3 is 0 Å². The third-order valence-corrected chi connectivity index (χ3v) is 5.23. The largest absolute Gasteiger partial charge is 0.296 e. The highest BCUT2D eigenvalue weighted by molar-refractivity contribution is 5.91. The molecule has 1 fully saturated rings. The Bertz CT molecular complexity index is 928. The molecule has 4 rings (SSSR count). The SMILES string of the molecule is C.Cc1ccc2nc(NC(=O)C[C@H](C)c3ccccc3)n(C3CCC3)c2n1. The maximum Gasteiger partial charge on any atom is 0.227 e. The molecule has 1 N–H and O–H groups in total. The second-order valence-electron chi connectivity index (χ2n) is 7.25. The first-order valence-corrected chi connectivity index (χ1v) is 9.32. The molecule has 3 aromatic rings. The van der Waals surface area contributed by atoms with E-state index < -0.39 is 0 Å².